The van der Waals surface area contributed by atoms with Crippen molar-refractivity contribution in [3.63, 3.8) is 0 Å². The predicted octanol–water partition coefficient (Wildman–Crippen LogP) is 3.68. The zero-order valence-corrected chi connectivity index (χ0v) is 13.4. The van der Waals surface area contributed by atoms with Gasteiger partial charge in [-0.15, -0.1) is 0 Å². The van der Waals surface area contributed by atoms with Crippen molar-refractivity contribution >= 4 is 0 Å². The van der Waals surface area contributed by atoms with Crippen LogP contribution < -0.4 is 0 Å². The lowest BCUT2D eigenvalue weighted by Gasteiger charge is -2.48. The van der Waals surface area contributed by atoms with Crippen molar-refractivity contribution in [3.05, 3.63) is 0 Å². The van der Waals surface area contributed by atoms with Gasteiger partial charge in [0.15, 0.2) is 0 Å². The molecule has 20 heavy (non-hydrogen) atoms. The zero-order valence-electron chi connectivity index (χ0n) is 13.4. The quantitative estimate of drug-likeness (QED) is 0.833. The fourth-order valence-electron chi connectivity index (χ4n) is 5.09. The van der Waals surface area contributed by atoms with Crippen LogP contribution in [0.4, 0.5) is 0 Å². The molecule has 2 nitrogen and oxygen atoms in total. The Labute approximate surface area is 124 Å². The van der Waals surface area contributed by atoms with E-state index in [9.17, 15) is 5.11 Å². The van der Waals surface area contributed by atoms with E-state index in [4.69, 9.17) is 0 Å². The van der Waals surface area contributed by atoms with Gasteiger partial charge in [-0.05, 0) is 62.3 Å². The first-order valence-electron chi connectivity index (χ1n) is 9.07. The van der Waals surface area contributed by atoms with Crippen LogP contribution in [-0.4, -0.2) is 35.2 Å². The van der Waals surface area contributed by atoms with Gasteiger partial charge >= 0.3 is 0 Å². The maximum Gasteiger partial charge on any atom is 0.0695 e. The third-order valence-electron chi connectivity index (χ3n) is 6.56. The third kappa shape index (κ3) is 3.06. The molecular formula is C18H33NO. The molecule has 0 bridgehead atoms. The van der Waals surface area contributed by atoms with Crippen molar-refractivity contribution in [1.82, 2.24) is 4.90 Å². The van der Waals surface area contributed by atoms with E-state index < -0.39 is 0 Å². The Morgan fingerprint density at radius 2 is 1.70 bits per heavy atom. The maximum atomic E-state index is 10.5. The van der Waals surface area contributed by atoms with E-state index in [1.54, 1.807) is 0 Å². The molecule has 1 saturated heterocycles. The van der Waals surface area contributed by atoms with E-state index in [0.29, 0.717) is 6.04 Å². The van der Waals surface area contributed by atoms with Crippen LogP contribution in [0.5, 0.6) is 0 Å². The monoisotopic (exact) mass is 279 g/mol. The fraction of sp³-hybridized carbons (Fsp3) is 1.00. The normalized spacial score (nSPS) is 43.5. The number of piperidine rings is 1. The molecule has 2 saturated carbocycles. The summed E-state index contributed by atoms with van der Waals surface area (Å²) in [6, 6.07) is 0.457. The number of aliphatic hydroxyl groups excluding tert-OH is 1. The van der Waals surface area contributed by atoms with Crippen molar-refractivity contribution < 1.29 is 5.11 Å². The molecule has 1 heterocycles. The van der Waals surface area contributed by atoms with Crippen LogP contribution >= 0.6 is 0 Å². The third-order valence-corrected chi connectivity index (χ3v) is 6.56. The molecular weight excluding hydrogens is 246 g/mol. The second-order valence-electron chi connectivity index (χ2n) is 8.04. The highest BCUT2D eigenvalue weighted by Gasteiger charge is 2.39. The van der Waals surface area contributed by atoms with Gasteiger partial charge in [0.1, 0.15) is 0 Å². The SMILES string of the molecule is CC(C)C1CCC(O)C(N2CCC3CCCCC3C2)C1. The van der Waals surface area contributed by atoms with Crippen molar-refractivity contribution in [2.45, 2.75) is 77.4 Å². The maximum absolute atomic E-state index is 10.5. The minimum Gasteiger partial charge on any atom is -0.391 e. The van der Waals surface area contributed by atoms with Crippen molar-refractivity contribution in [3.8, 4) is 0 Å². The summed E-state index contributed by atoms with van der Waals surface area (Å²) < 4.78 is 0. The van der Waals surface area contributed by atoms with Gasteiger partial charge in [0.05, 0.1) is 6.10 Å². The zero-order chi connectivity index (χ0) is 14.1. The van der Waals surface area contributed by atoms with Crippen LogP contribution in [0, 0.1) is 23.7 Å². The number of aliphatic hydroxyl groups is 1. The van der Waals surface area contributed by atoms with Gasteiger partial charge in [-0.25, -0.2) is 0 Å². The molecule has 3 rings (SSSR count). The largest absolute Gasteiger partial charge is 0.391 e. The number of hydrogen-bond acceptors (Lipinski definition) is 2. The fourth-order valence-corrected chi connectivity index (χ4v) is 5.09. The van der Waals surface area contributed by atoms with Gasteiger partial charge in [0.2, 0.25) is 0 Å². The number of nitrogens with zero attached hydrogens (tertiary/aromatic N) is 1. The molecule has 2 aliphatic carbocycles. The number of rotatable bonds is 2. The van der Waals surface area contributed by atoms with Gasteiger partial charge in [0, 0.05) is 12.6 Å². The molecule has 1 N–H and O–H groups in total. The Balaban J connectivity index is 1.62. The summed E-state index contributed by atoms with van der Waals surface area (Å²) in [5.41, 5.74) is 0. The molecule has 0 radical (unpaired) electrons. The highest BCUT2D eigenvalue weighted by atomic mass is 16.3. The van der Waals surface area contributed by atoms with Crippen molar-refractivity contribution in [2.75, 3.05) is 13.1 Å². The lowest BCUT2D eigenvalue weighted by atomic mass is 9.73. The topological polar surface area (TPSA) is 23.5 Å². The lowest BCUT2D eigenvalue weighted by molar-refractivity contribution is -0.0364. The van der Waals surface area contributed by atoms with E-state index in [-0.39, 0.29) is 6.10 Å². The molecule has 0 aromatic rings. The highest BCUT2D eigenvalue weighted by Crippen LogP contribution is 2.39. The lowest BCUT2D eigenvalue weighted by Crippen LogP contribution is -2.53. The Morgan fingerprint density at radius 1 is 0.950 bits per heavy atom. The second kappa shape index (κ2) is 6.36. The first-order chi connectivity index (χ1) is 9.65. The second-order valence-corrected chi connectivity index (χ2v) is 8.04. The summed E-state index contributed by atoms with van der Waals surface area (Å²) in [5, 5.41) is 10.5. The van der Waals surface area contributed by atoms with E-state index in [0.717, 1.165) is 30.1 Å². The average molecular weight is 279 g/mol. The van der Waals surface area contributed by atoms with Crippen LogP contribution in [0.15, 0.2) is 0 Å². The van der Waals surface area contributed by atoms with Gasteiger partial charge in [-0.3, -0.25) is 4.90 Å². The standard InChI is InChI=1S/C18H33NO/c1-13(2)15-7-8-18(20)17(11-15)19-10-9-14-5-3-4-6-16(14)12-19/h13-18,20H,3-12H2,1-2H3. The summed E-state index contributed by atoms with van der Waals surface area (Å²) in [6.07, 6.45) is 10.6. The number of fused-ring (bicyclic) bond motifs is 1. The van der Waals surface area contributed by atoms with Crippen LogP contribution in [0.1, 0.15) is 65.2 Å². The predicted molar refractivity (Wildman–Crippen MR) is 83.6 cm³/mol. The van der Waals surface area contributed by atoms with Gasteiger partial charge in [-0.2, -0.15) is 0 Å². The Kier molecular flexibility index (Phi) is 4.72. The van der Waals surface area contributed by atoms with Crippen molar-refractivity contribution in [2.24, 2.45) is 23.7 Å². The summed E-state index contributed by atoms with van der Waals surface area (Å²) in [6.45, 7) is 7.23. The molecule has 1 aliphatic heterocycles. The molecule has 0 amide bonds. The van der Waals surface area contributed by atoms with Crippen LogP contribution in [0.25, 0.3) is 0 Å². The van der Waals surface area contributed by atoms with Crippen LogP contribution in [0.3, 0.4) is 0 Å². The van der Waals surface area contributed by atoms with Crippen LogP contribution in [0.2, 0.25) is 0 Å². The van der Waals surface area contributed by atoms with E-state index >= 15 is 0 Å². The minimum atomic E-state index is -0.0647. The molecule has 0 aromatic carbocycles. The molecule has 5 unspecified atom stereocenters. The van der Waals surface area contributed by atoms with E-state index in [1.807, 2.05) is 0 Å². The summed E-state index contributed by atoms with van der Waals surface area (Å²) in [7, 11) is 0. The molecule has 5 atom stereocenters. The molecule has 116 valence electrons. The van der Waals surface area contributed by atoms with E-state index in [2.05, 4.69) is 18.7 Å². The van der Waals surface area contributed by atoms with Gasteiger partial charge < -0.3 is 5.11 Å². The summed E-state index contributed by atoms with van der Waals surface area (Å²) in [5.74, 6) is 3.54. The van der Waals surface area contributed by atoms with Gasteiger partial charge in [0.25, 0.3) is 0 Å². The van der Waals surface area contributed by atoms with Crippen molar-refractivity contribution in [1.29, 1.82) is 0 Å². The Bertz CT molecular complexity index is 317. The number of likely N-dealkylation sites (tertiary alicyclic amines) is 1. The first kappa shape index (κ1) is 14.8. The molecule has 3 fully saturated rings. The van der Waals surface area contributed by atoms with E-state index in [1.165, 1.54) is 58.0 Å². The molecule has 0 aromatic heterocycles. The Morgan fingerprint density at radius 3 is 2.45 bits per heavy atom. The highest BCUT2D eigenvalue weighted by molar-refractivity contribution is 4.92. The minimum absolute atomic E-state index is 0.0647. The van der Waals surface area contributed by atoms with Crippen LogP contribution in [-0.2, 0) is 0 Å². The molecule has 3 aliphatic rings. The first-order valence-corrected chi connectivity index (χ1v) is 9.07. The summed E-state index contributed by atoms with van der Waals surface area (Å²) in [4.78, 5) is 2.67. The van der Waals surface area contributed by atoms with Gasteiger partial charge in [-0.1, -0.05) is 33.1 Å². The summed E-state index contributed by atoms with van der Waals surface area (Å²) >= 11 is 0. The molecule has 2 heteroatoms. The average Bonchev–Trinajstić information content (AvgIpc) is 2.47. The number of hydrogen-bond donors (Lipinski definition) is 1. The Hall–Kier alpha value is -0.0800. The molecule has 0 spiro atoms. The smallest absolute Gasteiger partial charge is 0.0695 e.